The van der Waals surface area contributed by atoms with Gasteiger partial charge in [0.05, 0.1) is 5.71 Å². The molecule has 0 heterocycles. The summed E-state index contributed by atoms with van der Waals surface area (Å²) in [4.78, 5) is 4.36. The molecular weight excluding hydrogens is 213 g/mol. The molecule has 1 nitrogen and oxygen atoms in total. The molecule has 0 radical (unpaired) electrons. The first kappa shape index (κ1) is 13.6. The van der Waals surface area contributed by atoms with E-state index in [1.54, 1.807) is 19.2 Å². The Morgan fingerprint density at radius 3 is 2.12 bits per heavy atom. The molecule has 0 N–H and O–H groups in total. The topological polar surface area (TPSA) is 12.4 Å². The highest BCUT2D eigenvalue weighted by molar-refractivity contribution is 6.12. The van der Waals surface area contributed by atoms with Crippen molar-refractivity contribution >= 4 is 5.71 Å². The van der Waals surface area contributed by atoms with Crippen molar-refractivity contribution in [3.63, 3.8) is 0 Å². The Bertz CT molecular complexity index is 427. The SMILES string of the molecule is CC/C(C)=C(CC)\C(=N/C)c1ccc(F)cc1. The third-order valence-corrected chi connectivity index (χ3v) is 3.03. The summed E-state index contributed by atoms with van der Waals surface area (Å²) < 4.78 is 12.9. The molecule has 0 fully saturated rings. The van der Waals surface area contributed by atoms with E-state index < -0.39 is 0 Å². The van der Waals surface area contributed by atoms with Gasteiger partial charge < -0.3 is 0 Å². The van der Waals surface area contributed by atoms with E-state index in [4.69, 9.17) is 0 Å². The predicted octanol–water partition coefficient (Wildman–Crippen LogP) is 4.38. The molecule has 17 heavy (non-hydrogen) atoms. The smallest absolute Gasteiger partial charge is 0.123 e. The Morgan fingerprint density at radius 1 is 1.12 bits per heavy atom. The molecule has 92 valence electrons. The van der Waals surface area contributed by atoms with Gasteiger partial charge in [-0.05, 0) is 49.6 Å². The molecule has 1 rings (SSSR count). The molecule has 0 bridgehead atoms. The monoisotopic (exact) mass is 233 g/mol. The predicted molar refractivity (Wildman–Crippen MR) is 72.1 cm³/mol. The summed E-state index contributed by atoms with van der Waals surface area (Å²) >= 11 is 0. The van der Waals surface area contributed by atoms with Gasteiger partial charge in [-0.15, -0.1) is 0 Å². The van der Waals surface area contributed by atoms with Crippen LogP contribution in [-0.2, 0) is 0 Å². The second-order valence-electron chi connectivity index (χ2n) is 4.05. The zero-order valence-corrected chi connectivity index (χ0v) is 11.0. The third kappa shape index (κ3) is 3.26. The Kier molecular flexibility index (Phi) is 5.08. The second kappa shape index (κ2) is 6.33. The molecule has 0 aliphatic heterocycles. The molecule has 0 amide bonds. The van der Waals surface area contributed by atoms with Crippen molar-refractivity contribution in [2.45, 2.75) is 33.6 Å². The fraction of sp³-hybridized carbons (Fsp3) is 0.400. The van der Waals surface area contributed by atoms with Crippen molar-refractivity contribution < 1.29 is 4.39 Å². The van der Waals surface area contributed by atoms with E-state index in [-0.39, 0.29) is 5.82 Å². The van der Waals surface area contributed by atoms with Crippen LogP contribution >= 0.6 is 0 Å². The van der Waals surface area contributed by atoms with Crippen LogP contribution < -0.4 is 0 Å². The Hall–Kier alpha value is -1.44. The number of aliphatic imine (C=N–C) groups is 1. The van der Waals surface area contributed by atoms with Crippen LogP contribution in [0.15, 0.2) is 40.4 Å². The van der Waals surface area contributed by atoms with Crippen LogP contribution in [0.2, 0.25) is 0 Å². The van der Waals surface area contributed by atoms with Crippen molar-refractivity contribution in [2.24, 2.45) is 4.99 Å². The molecule has 0 unspecified atom stereocenters. The van der Waals surface area contributed by atoms with Gasteiger partial charge in [-0.2, -0.15) is 0 Å². The normalized spacial score (nSPS) is 13.6. The van der Waals surface area contributed by atoms with Crippen LogP contribution in [0.25, 0.3) is 0 Å². The number of hydrogen-bond acceptors (Lipinski definition) is 1. The van der Waals surface area contributed by atoms with Gasteiger partial charge in [0, 0.05) is 12.6 Å². The Balaban J connectivity index is 3.20. The largest absolute Gasteiger partial charge is 0.288 e. The van der Waals surface area contributed by atoms with Gasteiger partial charge in [0.25, 0.3) is 0 Å². The number of hydrogen-bond donors (Lipinski definition) is 0. The van der Waals surface area contributed by atoms with E-state index in [0.717, 1.165) is 24.1 Å². The second-order valence-corrected chi connectivity index (χ2v) is 4.05. The van der Waals surface area contributed by atoms with Gasteiger partial charge in [0.2, 0.25) is 0 Å². The van der Waals surface area contributed by atoms with Crippen LogP contribution in [0.5, 0.6) is 0 Å². The van der Waals surface area contributed by atoms with E-state index in [2.05, 4.69) is 25.8 Å². The van der Waals surface area contributed by atoms with Crippen molar-refractivity contribution in [3.8, 4) is 0 Å². The number of benzene rings is 1. The minimum Gasteiger partial charge on any atom is -0.288 e. The van der Waals surface area contributed by atoms with Gasteiger partial charge in [0.15, 0.2) is 0 Å². The molecule has 0 atom stereocenters. The quantitative estimate of drug-likeness (QED) is 0.684. The maximum atomic E-state index is 12.9. The highest BCUT2D eigenvalue weighted by Crippen LogP contribution is 2.19. The summed E-state index contributed by atoms with van der Waals surface area (Å²) in [6.07, 6.45) is 1.97. The van der Waals surface area contributed by atoms with Gasteiger partial charge >= 0.3 is 0 Å². The minimum atomic E-state index is -0.210. The van der Waals surface area contributed by atoms with Crippen LogP contribution in [0.3, 0.4) is 0 Å². The minimum absolute atomic E-state index is 0.210. The maximum Gasteiger partial charge on any atom is 0.123 e. The van der Waals surface area contributed by atoms with Gasteiger partial charge in [-0.3, -0.25) is 4.99 Å². The summed E-state index contributed by atoms with van der Waals surface area (Å²) in [5.41, 5.74) is 4.57. The van der Waals surface area contributed by atoms with Gasteiger partial charge in [0.1, 0.15) is 5.82 Å². The van der Waals surface area contributed by atoms with E-state index in [1.165, 1.54) is 23.3 Å². The van der Waals surface area contributed by atoms with Crippen LogP contribution in [0, 0.1) is 5.82 Å². The van der Waals surface area contributed by atoms with E-state index in [1.807, 2.05) is 0 Å². The van der Waals surface area contributed by atoms with Gasteiger partial charge in [-0.25, -0.2) is 4.39 Å². The third-order valence-electron chi connectivity index (χ3n) is 3.03. The average Bonchev–Trinajstić information content (AvgIpc) is 2.36. The zero-order valence-electron chi connectivity index (χ0n) is 11.0. The average molecular weight is 233 g/mol. The molecule has 0 saturated carbocycles. The molecule has 2 heteroatoms. The molecule has 0 spiro atoms. The van der Waals surface area contributed by atoms with Crippen molar-refractivity contribution in [3.05, 3.63) is 46.8 Å². The van der Waals surface area contributed by atoms with E-state index in [0.29, 0.717) is 0 Å². The van der Waals surface area contributed by atoms with Gasteiger partial charge in [-0.1, -0.05) is 19.4 Å². The first-order chi connectivity index (χ1) is 8.13. The van der Waals surface area contributed by atoms with E-state index >= 15 is 0 Å². The zero-order chi connectivity index (χ0) is 12.8. The lowest BCUT2D eigenvalue weighted by Gasteiger charge is -2.12. The van der Waals surface area contributed by atoms with E-state index in [9.17, 15) is 4.39 Å². The molecule has 0 aromatic heterocycles. The lowest BCUT2D eigenvalue weighted by Crippen LogP contribution is -2.07. The Labute approximate surface area is 103 Å². The molecule has 0 aliphatic rings. The standard InChI is InChI=1S/C15H20FN/c1-5-11(3)14(6-2)15(17-4)12-7-9-13(16)10-8-12/h7-10H,5-6H2,1-4H3/b14-11-,17-15-. The molecule has 0 aliphatic carbocycles. The summed E-state index contributed by atoms with van der Waals surface area (Å²) in [5, 5.41) is 0. The lowest BCUT2D eigenvalue weighted by molar-refractivity contribution is 0.628. The highest BCUT2D eigenvalue weighted by atomic mass is 19.1. The maximum absolute atomic E-state index is 12.9. The molecule has 1 aromatic carbocycles. The fourth-order valence-corrected chi connectivity index (χ4v) is 1.93. The lowest BCUT2D eigenvalue weighted by atomic mass is 9.95. The molecular formula is C15H20FN. The summed E-state index contributed by atoms with van der Waals surface area (Å²) in [7, 11) is 1.79. The van der Waals surface area contributed by atoms with Crippen molar-refractivity contribution in [2.75, 3.05) is 7.05 Å². The summed E-state index contributed by atoms with van der Waals surface area (Å²) in [5.74, 6) is -0.210. The fourth-order valence-electron chi connectivity index (χ4n) is 1.93. The molecule has 0 saturated heterocycles. The van der Waals surface area contributed by atoms with Crippen LogP contribution in [0.4, 0.5) is 4.39 Å². The first-order valence-electron chi connectivity index (χ1n) is 6.05. The first-order valence-corrected chi connectivity index (χ1v) is 6.05. The Morgan fingerprint density at radius 2 is 1.71 bits per heavy atom. The summed E-state index contributed by atoms with van der Waals surface area (Å²) in [6.45, 7) is 6.40. The summed E-state index contributed by atoms with van der Waals surface area (Å²) in [6, 6.07) is 6.54. The number of halogens is 1. The molecule has 1 aromatic rings. The van der Waals surface area contributed by atoms with Crippen LogP contribution in [-0.4, -0.2) is 12.8 Å². The number of nitrogens with zero attached hydrogens (tertiary/aromatic N) is 1. The number of allylic oxidation sites excluding steroid dienone is 2. The number of rotatable bonds is 4. The van der Waals surface area contributed by atoms with Crippen LogP contribution in [0.1, 0.15) is 39.2 Å². The van der Waals surface area contributed by atoms with Crippen molar-refractivity contribution in [1.29, 1.82) is 0 Å². The van der Waals surface area contributed by atoms with Crippen molar-refractivity contribution in [1.82, 2.24) is 0 Å². The highest BCUT2D eigenvalue weighted by Gasteiger charge is 2.10.